The number of amides is 1. The van der Waals surface area contributed by atoms with Gasteiger partial charge < -0.3 is 9.64 Å². The average molecular weight is 197 g/mol. The Morgan fingerprint density at radius 1 is 1.54 bits per heavy atom. The Kier molecular flexibility index (Phi) is 2.80. The van der Waals surface area contributed by atoms with Gasteiger partial charge in [-0.15, -0.1) is 0 Å². The molecule has 1 atom stereocenters. The predicted molar refractivity (Wildman–Crippen MR) is 38.0 cm³/mol. The zero-order chi connectivity index (χ0) is 10.1. The number of rotatable bonds is 1. The Balaban J connectivity index is 2.52. The van der Waals surface area contributed by atoms with Crippen LogP contribution in [0.2, 0.25) is 0 Å². The molecule has 1 fully saturated rings. The van der Waals surface area contributed by atoms with Crippen molar-refractivity contribution >= 4 is 5.91 Å². The van der Waals surface area contributed by atoms with Crippen LogP contribution >= 0.6 is 0 Å². The summed E-state index contributed by atoms with van der Waals surface area (Å²) < 4.78 is 40.5. The van der Waals surface area contributed by atoms with E-state index in [4.69, 9.17) is 4.74 Å². The Labute approximate surface area is 73.5 Å². The molecule has 13 heavy (non-hydrogen) atoms. The first-order chi connectivity index (χ1) is 5.95. The van der Waals surface area contributed by atoms with Crippen molar-refractivity contribution in [2.24, 2.45) is 0 Å². The number of carbonyl (C=O) groups excluding carboxylic acids is 1. The lowest BCUT2D eigenvalue weighted by Gasteiger charge is -2.17. The predicted octanol–water partition coefficient (Wildman–Crippen LogP) is 0.796. The number of hydrogen-bond acceptors (Lipinski definition) is 2. The summed E-state index contributed by atoms with van der Waals surface area (Å²) in [6.45, 7) is 0.158. The fourth-order valence-corrected chi connectivity index (χ4v) is 1.28. The molecule has 1 saturated heterocycles. The van der Waals surface area contributed by atoms with E-state index in [-0.39, 0.29) is 19.2 Å². The minimum atomic E-state index is -4.76. The fraction of sp³-hybridized carbons (Fsp3) is 0.857. The van der Waals surface area contributed by atoms with Crippen LogP contribution in [0.15, 0.2) is 0 Å². The minimum absolute atomic E-state index is 0.0366. The fourth-order valence-electron chi connectivity index (χ4n) is 1.28. The zero-order valence-electron chi connectivity index (χ0n) is 7.10. The molecule has 0 N–H and O–H groups in total. The third-order valence-corrected chi connectivity index (χ3v) is 2.01. The highest BCUT2D eigenvalue weighted by atomic mass is 19.4. The maximum Gasteiger partial charge on any atom is 0.471 e. The van der Waals surface area contributed by atoms with E-state index in [0.29, 0.717) is 6.42 Å². The number of ether oxygens (including phenoxy) is 1. The summed E-state index contributed by atoms with van der Waals surface area (Å²) >= 11 is 0. The van der Waals surface area contributed by atoms with Gasteiger partial charge in [0.25, 0.3) is 0 Å². The second-order valence-corrected chi connectivity index (χ2v) is 2.90. The number of methoxy groups -OCH3 is 1. The molecule has 3 nitrogen and oxygen atoms in total. The number of alkyl halides is 3. The molecule has 1 heterocycles. The number of nitrogens with zero attached hydrogens (tertiary/aromatic N) is 1. The molecule has 0 aromatic heterocycles. The van der Waals surface area contributed by atoms with Crippen LogP contribution in [-0.2, 0) is 9.53 Å². The van der Waals surface area contributed by atoms with Crippen LogP contribution in [0.3, 0.4) is 0 Å². The lowest BCUT2D eigenvalue weighted by molar-refractivity contribution is -0.184. The first-order valence-electron chi connectivity index (χ1n) is 3.84. The normalized spacial score (nSPS) is 23.7. The molecule has 0 spiro atoms. The Hall–Kier alpha value is -0.780. The maximum absolute atomic E-state index is 11.9. The van der Waals surface area contributed by atoms with Crippen LogP contribution in [0.4, 0.5) is 13.2 Å². The highest BCUT2D eigenvalue weighted by Crippen LogP contribution is 2.22. The standard InChI is InChI=1S/C7H10F3NO2/c1-13-5-2-3-11(4-5)6(12)7(8,9)10/h5H,2-4H2,1H3. The number of likely N-dealkylation sites (tertiary alicyclic amines) is 1. The topological polar surface area (TPSA) is 29.5 Å². The van der Waals surface area contributed by atoms with Crippen LogP contribution in [0.1, 0.15) is 6.42 Å². The van der Waals surface area contributed by atoms with Crippen LogP contribution < -0.4 is 0 Å². The SMILES string of the molecule is COC1CCN(C(=O)C(F)(F)F)C1. The number of halogens is 3. The van der Waals surface area contributed by atoms with Gasteiger partial charge in [0.05, 0.1) is 6.10 Å². The molecule has 1 aliphatic heterocycles. The Bertz CT molecular complexity index is 204. The summed E-state index contributed by atoms with van der Waals surface area (Å²) in [6, 6.07) is 0. The molecular weight excluding hydrogens is 187 g/mol. The van der Waals surface area contributed by atoms with Gasteiger partial charge in [0, 0.05) is 20.2 Å². The van der Waals surface area contributed by atoms with Gasteiger partial charge in [-0.3, -0.25) is 4.79 Å². The molecule has 0 aliphatic carbocycles. The summed E-state index contributed by atoms with van der Waals surface area (Å²) in [6.07, 6.45) is -4.55. The van der Waals surface area contributed by atoms with Crippen LogP contribution in [0.5, 0.6) is 0 Å². The Morgan fingerprint density at radius 2 is 2.15 bits per heavy atom. The van der Waals surface area contributed by atoms with Crippen molar-refractivity contribution in [3.05, 3.63) is 0 Å². The maximum atomic E-state index is 11.9. The molecule has 6 heteroatoms. The third-order valence-electron chi connectivity index (χ3n) is 2.01. The van der Waals surface area contributed by atoms with Gasteiger partial charge in [-0.05, 0) is 6.42 Å². The van der Waals surface area contributed by atoms with Gasteiger partial charge in [0.1, 0.15) is 0 Å². The van der Waals surface area contributed by atoms with E-state index in [0.717, 1.165) is 4.90 Å². The summed E-state index contributed by atoms with van der Waals surface area (Å²) in [4.78, 5) is 11.4. The van der Waals surface area contributed by atoms with E-state index in [1.54, 1.807) is 0 Å². The molecule has 1 unspecified atom stereocenters. The van der Waals surface area contributed by atoms with Gasteiger partial charge in [-0.25, -0.2) is 0 Å². The van der Waals surface area contributed by atoms with E-state index < -0.39 is 12.1 Å². The van der Waals surface area contributed by atoms with Crippen molar-refractivity contribution < 1.29 is 22.7 Å². The average Bonchev–Trinajstić information content (AvgIpc) is 2.48. The molecule has 0 aromatic rings. The van der Waals surface area contributed by atoms with Gasteiger partial charge in [-0.2, -0.15) is 13.2 Å². The summed E-state index contributed by atoms with van der Waals surface area (Å²) in [5, 5.41) is 0. The lowest BCUT2D eigenvalue weighted by Crippen LogP contribution is -2.40. The van der Waals surface area contributed by atoms with Gasteiger partial charge in [0.2, 0.25) is 0 Å². The van der Waals surface area contributed by atoms with Crippen molar-refractivity contribution in [2.75, 3.05) is 20.2 Å². The van der Waals surface area contributed by atoms with Gasteiger partial charge in [-0.1, -0.05) is 0 Å². The highest BCUT2D eigenvalue weighted by molar-refractivity contribution is 5.82. The summed E-state index contributed by atoms with van der Waals surface area (Å²) in [5.74, 6) is -1.77. The first-order valence-corrected chi connectivity index (χ1v) is 3.84. The smallest absolute Gasteiger partial charge is 0.380 e. The molecule has 0 aromatic carbocycles. The summed E-state index contributed by atoms with van der Waals surface area (Å²) in [5.41, 5.74) is 0. The van der Waals surface area contributed by atoms with Crippen molar-refractivity contribution in [3.63, 3.8) is 0 Å². The van der Waals surface area contributed by atoms with E-state index in [1.165, 1.54) is 7.11 Å². The van der Waals surface area contributed by atoms with E-state index in [1.807, 2.05) is 0 Å². The second kappa shape index (κ2) is 3.53. The lowest BCUT2D eigenvalue weighted by atomic mass is 10.3. The molecule has 0 saturated carbocycles. The van der Waals surface area contributed by atoms with E-state index in [2.05, 4.69) is 0 Å². The summed E-state index contributed by atoms with van der Waals surface area (Å²) in [7, 11) is 1.42. The number of carbonyl (C=O) groups is 1. The highest BCUT2D eigenvalue weighted by Gasteiger charge is 2.44. The van der Waals surface area contributed by atoms with Crippen molar-refractivity contribution in [1.82, 2.24) is 4.90 Å². The van der Waals surface area contributed by atoms with Gasteiger partial charge >= 0.3 is 12.1 Å². The Morgan fingerprint density at radius 3 is 2.54 bits per heavy atom. The third kappa shape index (κ3) is 2.33. The molecule has 1 rings (SSSR count). The minimum Gasteiger partial charge on any atom is -0.380 e. The molecule has 1 amide bonds. The van der Waals surface area contributed by atoms with Crippen LogP contribution in [0.25, 0.3) is 0 Å². The van der Waals surface area contributed by atoms with Crippen molar-refractivity contribution in [2.45, 2.75) is 18.7 Å². The molecule has 0 bridgehead atoms. The molecular formula is C7H10F3NO2. The zero-order valence-corrected chi connectivity index (χ0v) is 7.10. The van der Waals surface area contributed by atoms with Crippen molar-refractivity contribution in [1.29, 1.82) is 0 Å². The monoisotopic (exact) mass is 197 g/mol. The van der Waals surface area contributed by atoms with Gasteiger partial charge in [0.15, 0.2) is 0 Å². The quantitative estimate of drug-likeness (QED) is 0.622. The number of hydrogen-bond donors (Lipinski definition) is 0. The molecule has 1 aliphatic rings. The molecule has 0 radical (unpaired) electrons. The van der Waals surface area contributed by atoms with E-state index >= 15 is 0 Å². The molecule has 76 valence electrons. The first kappa shape index (κ1) is 10.3. The largest absolute Gasteiger partial charge is 0.471 e. The van der Waals surface area contributed by atoms with Crippen LogP contribution in [-0.4, -0.2) is 43.3 Å². The second-order valence-electron chi connectivity index (χ2n) is 2.90. The van der Waals surface area contributed by atoms with Crippen molar-refractivity contribution in [3.8, 4) is 0 Å². The van der Waals surface area contributed by atoms with Crippen LogP contribution in [0, 0.1) is 0 Å². The van der Waals surface area contributed by atoms with E-state index in [9.17, 15) is 18.0 Å².